The second kappa shape index (κ2) is 7.35. The smallest absolute Gasteiger partial charge is 0.278 e. The first-order valence-electron chi connectivity index (χ1n) is 9.31. The minimum absolute atomic E-state index is 0.251. The highest BCUT2D eigenvalue weighted by atomic mass is 35.5. The minimum Gasteiger partial charge on any atom is -0.466 e. The molecule has 9 heteroatoms. The van der Waals surface area contributed by atoms with Gasteiger partial charge in [-0.1, -0.05) is 11.6 Å². The van der Waals surface area contributed by atoms with Gasteiger partial charge in [-0.3, -0.25) is 14.4 Å². The summed E-state index contributed by atoms with van der Waals surface area (Å²) in [4.78, 5) is 39.4. The summed E-state index contributed by atoms with van der Waals surface area (Å²) in [7, 11) is 1.56. The molecular formula is C20H20ClN3O4S. The SMILES string of the molecule is CNC(=O)c1c(NC(=O)C2(C)Oc3ccc(Cl)cc3NC2=O)sc2c1CCCC2. The van der Waals surface area contributed by atoms with Crippen molar-refractivity contribution < 1.29 is 19.1 Å². The second-order valence-electron chi connectivity index (χ2n) is 7.18. The van der Waals surface area contributed by atoms with Crippen LogP contribution >= 0.6 is 22.9 Å². The predicted octanol–water partition coefficient (Wildman–Crippen LogP) is 3.37. The molecule has 0 bridgehead atoms. The number of amides is 3. The lowest BCUT2D eigenvalue weighted by Gasteiger charge is -2.33. The zero-order valence-electron chi connectivity index (χ0n) is 16.0. The number of hydrogen-bond donors (Lipinski definition) is 3. The molecule has 1 atom stereocenters. The molecule has 3 N–H and O–H groups in total. The normalized spacial score (nSPS) is 20.0. The molecule has 7 nitrogen and oxygen atoms in total. The fourth-order valence-corrected chi connectivity index (χ4v) is 5.04. The molecule has 0 saturated heterocycles. The molecule has 1 unspecified atom stereocenters. The Kier molecular flexibility index (Phi) is 5.00. The van der Waals surface area contributed by atoms with Gasteiger partial charge in [0, 0.05) is 16.9 Å². The van der Waals surface area contributed by atoms with E-state index in [4.69, 9.17) is 16.3 Å². The average Bonchev–Trinajstić information content (AvgIpc) is 3.06. The fourth-order valence-electron chi connectivity index (χ4n) is 3.59. The van der Waals surface area contributed by atoms with E-state index in [1.165, 1.54) is 18.3 Å². The van der Waals surface area contributed by atoms with Crippen LogP contribution in [0.5, 0.6) is 5.75 Å². The summed E-state index contributed by atoms with van der Waals surface area (Å²) < 4.78 is 5.77. The third kappa shape index (κ3) is 3.36. The van der Waals surface area contributed by atoms with Crippen LogP contribution in [0.3, 0.4) is 0 Å². The fraction of sp³-hybridized carbons (Fsp3) is 0.350. The second-order valence-corrected chi connectivity index (χ2v) is 8.72. The first-order valence-corrected chi connectivity index (χ1v) is 10.5. The Morgan fingerprint density at radius 3 is 2.79 bits per heavy atom. The van der Waals surface area contributed by atoms with Crippen LogP contribution in [0.25, 0.3) is 0 Å². The van der Waals surface area contributed by atoms with Crippen LogP contribution in [0.1, 0.15) is 40.6 Å². The highest BCUT2D eigenvalue weighted by Crippen LogP contribution is 2.40. The van der Waals surface area contributed by atoms with Crippen LogP contribution in [0.15, 0.2) is 18.2 Å². The lowest BCUT2D eigenvalue weighted by molar-refractivity contribution is -0.143. The number of fused-ring (bicyclic) bond motifs is 2. The van der Waals surface area contributed by atoms with E-state index >= 15 is 0 Å². The molecule has 2 heterocycles. The zero-order chi connectivity index (χ0) is 20.8. The van der Waals surface area contributed by atoms with Crippen LogP contribution in [-0.4, -0.2) is 30.4 Å². The average molecular weight is 434 g/mol. The Balaban J connectivity index is 1.66. The Labute approximate surface area is 176 Å². The van der Waals surface area contributed by atoms with Crippen LogP contribution in [0, 0.1) is 0 Å². The number of carbonyl (C=O) groups is 3. The van der Waals surface area contributed by atoms with Gasteiger partial charge in [-0.2, -0.15) is 0 Å². The third-order valence-electron chi connectivity index (χ3n) is 5.22. The molecule has 2 aliphatic rings. The van der Waals surface area contributed by atoms with Crippen molar-refractivity contribution in [3.05, 3.63) is 39.2 Å². The van der Waals surface area contributed by atoms with Gasteiger partial charge in [0.15, 0.2) is 0 Å². The quantitative estimate of drug-likeness (QED) is 0.646. The summed E-state index contributed by atoms with van der Waals surface area (Å²) in [6.45, 7) is 1.41. The van der Waals surface area contributed by atoms with E-state index in [0.717, 1.165) is 36.1 Å². The van der Waals surface area contributed by atoms with E-state index in [9.17, 15) is 14.4 Å². The van der Waals surface area contributed by atoms with Crippen molar-refractivity contribution in [2.24, 2.45) is 0 Å². The molecule has 0 saturated carbocycles. The largest absolute Gasteiger partial charge is 0.466 e. The monoisotopic (exact) mass is 433 g/mol. The number of anilines is 2. The molecule has 0 radical (unpaired) electrons. The topological polar surface area (TPSA) is 96.5 Å². The lowest BCUT2D eigenvalue weighted by Crippen LogP contribution is -2.56. The molecule has 0 fully saturated rings. The van der Waals surface area contributed by atoms with Gasteiger partial charge in [-0.25, -0.2) is 0 Å². The van der Waals surface area contributed by atoms with Crippen LogP contribution in [-0.2, 0) is 22.4 Å². The predicted molar refractivity (Wildman–Crippen MR) is 112 cm³/mol. The lowest BCUT2D eigenvalue weighted by atomic mass is 9.95. The first-order chi connectivity index (χ1) is 13.8. The van der Waals surface area contributed by atoms with Crippen molar-refractivity contribution in [2.75, 3.05) is 17.7 Å². The highest BCUT2D eigenvalue weighted by Gasteiger charge is 2.48. The van der Waals surface area contributed by atoms with Gasteiger partial charge in [0.2, 0.25) is 0 Å². The van der Waals surface area contributed by atoms with Gasteiger partial charge in [0.1, 0.15) is 10.8 Å². The number of aryl methyl sites for hydroxylation is 1. The first kappa shape index (κ1) is 19.7. The number of nitrogens with one attached hydrogen (secondary N) is 3. The summed E-state index contributed by atoms with van der Waals surface area (Å²) >= 11 is 7.34. The number of halogens is 1. The van der Waals surface area contributed by atoms with E-state index in [2.05, 4.69) is 16.0 Å². The van der Waals surface area contributed by atoms with E-state index in [1.54, 1.807) is 25.2 Å². The van der Waals surface area contributed by atoms with Crippen molar-refractivity contribution >= 4 is 51.3 Å². The van der Waals surface area contributed by atoms with Crippen molar-refractivity contribution in [3.63, 3.8) is 0 Å². The number of benzene rings is 1. The molecule has 1 aliphatic heterocycles. The van der Waals surface area contributed by atoms with Crippen molar-refractivity contribution in [1.29, 1.82) is 0 Å². The number of carbonyl (C=O) groups excluding carboxylic acids is 3. The standard InChI is InChI=1S/C20H20ClN3O4S/c1-20(18(26)23-12-9-10(21)7-8-13(12)28-20)19(27)24-17-15(16(25)22-2)11-5-3-4-6-14(11)29-17/h7-9H,3-6H2,1-2H3,(H,22,25)(H,23,26)(H,24,27). The molecule has 1 aliphatic carbocycles. The van der Waals surface area contributed by atoms with Gasteiger partial charge < -0.3 is 20.7 Å². The molecule has 1 aromatic carbocycles. The molecule has 4 rings (SSSR count). The number of hydrogen-bond acceptors (Lipinski definition) is 5. The summed E-state index contributed by atoms with van der Waals surface area (Å²) in [5.41, 5.74) is 0.0821. The molecule has 1 aromatic heterocycles. The zero-order valence-corrected chi connectivity index (χ0v) is 17.6. The molecule has 3 amide bonds. The Bertz CT molecular complexity index is 1030. The van der Waals surface area contributed by atoms with Crippen LogP contribution < -0.4 is 20.7 Å². The van der Waals surface area contributed by atoms with E-state index in [1.807, 2.05) is 0 Å². The van der Waals surface area contributed by atoms with Gasteiger partial charge in [0.05, 0.1) is 11.3 Å². The minimum atomic E-state index is -1.79. The number of rotatable bonds is 3. The van der Waals surface area contributed by atoms with Gasteiger partial charge in [-0.05, 0) is 56.4 Å². The summed E-state index contributed by atoms with van der Waals surface area (Å²) in [5, 5.41) is 8.97. The third-order valence-corrected chi connectivity index (χ3v) is 6.67. The molecule has 0 spiro atoms. The number of thiophene rings is 1. The Morgan fingerprint density at radius 1 is 1.28 bits per heavy atom. The maximum Gasteiger partial charge on any atom is 0.278 e. The van der Waals surface area contributed by atoms with Gasteiger partial charge in [-0.15, -0.1) is 11.3 Å². The Morgan fingerprint density at radius 2 is 2.03 bits per heavy atom. The number of ether oxygens (including phenoxy) is 1. The molecule has 2 aromatic rings. The van der Waals surface area contributed by atoms with Crippen molar-refractivity contribution in [3.8, 4) is 5.75 Å². The molecule has 152 valence electrons. The van der Waals surface area contributed by atoms with Crippen LogP contribution in [0.4, 0.5) is 10.7 Å². The maximum absolute atomic E-state index is 13.1. The van der Waals surface area contributed by atoms with Crippen molar-refractivity contribution in [2.45, 2.75) is 38.2 Å². The van der Waals surface area contributed by atoms with E-state index in [0.29, 0.717) is 27.0 Å². The van der Waals surface area contributed by atoms with Crippen LogP contribution in [0.2, 0.25) is 5.02 Å². The van der Waals surface area contributed by atoms with E-state index < -0.39 is 17.4 Å². The summed E-state index contributed by atoms with van der Waals surface area (Å²) in [6, 6.07) is 4.78. The highest BCUT2D eigenvalue weighted by molar-refractivity contribution is 7.17. The van der Waals surface area contributed by atoms with Crippen molar-refractivity contribution in [1.82, 2.24) is 5.32 Å². The molecule has 29 heavy (non-hydrogen) atoms. The molecular weight excluding hydrogens is 414 g/mol. The van der Waals surface area contributed by atoms with E-state index in [-0.39, 0.29) is 5.91 Å². The summed E-state index contributed by atoms with van der Waals surface area (Å²) in [6.07, 6.45) is 3.73. The summed E-state index contributed by atoms with van der Waals surface area (Å²) in [5.74, 6) is -1.14. The Hall–Kier alpha value is -2.58. The maximum atomic E-state index is 13.1. The van der Waals surface area contributed by atoms with Gasteiger partial charge in [0.25, 0.3) is 23.3 Å². The van der Waals surface area contributed by atoms with Gasteiger partial charge >= 0.3 is 0 Å².